The first-order chi connectivity index (χ1) is 17.4. The lowest BCUT2D eigenvalue weighted by Gasteiger charge is -2.31. The average Bonchev–Trinajstić information content (AvgIpc) is 2.89. The van der Waals surface area contributed by atoms with E-state index in [4.69, 9.17) is 4.74 Å². The molecule has 0 aromatic heterocycles. The van der Waals surface area contributed by atoms with Gasteiger partial charge in [0.15, 0.2) is 4.91 Å². The summed E-state index contributed by atoms with van der Waals surface area (Å²) in [6, 6.07) is 30.9. The number of anilines is 2. The minimum atomic E-state index is -4.10. The van der Waals surface area contributed by atoms with Crippen molar-refractivity contribution in [2.24, 2.45) is 0 Å². The zero-order valence-corrected chi connectivity index (χ0v) is 20.4. The molecule has 0 radical (unpaired) electrons. The highest BCUT2D eigenvalue weighted by Crippen LogP contribution is 2.36. The van der Waals surface area contributed by atoms with E-state index in [9.17, 15) is 13.2 Å². The van der Waals surface area contributed by atoms with Crippen LogP contribution in [0, 0.1) is 6.92 Å². The van der Waals surface area contributed by atoms with E-state index in [1.807, 2.05) is 61.5 Å². The number of ketones is 1. The van der Waals surface area contributed by atoms with E-state index in [-0.39, 0.29) is 11.4 Å². The number of carbonyl (C=O) groups excluding carboxylic acids is 1. The lowest BCUT2D eigenvalue weighted by molar-refractivity contribution is 0.104. The van der Waals surface area contributed by atoms with Crippen LogP contribution < -0.4 is 14.4 Å². The predicted molar refractivity (Wildman–Crippen MR) is 142 cm³/mol. The lowest BCUT2D eigenvalue weighted by atomic mass is 10.1. The van der Waals surface area contributed by atoms with Gasteiger partial charge in [0.1, 0.15) is 11.5 Å². The minimum Gasteiger partial charge on any atom is -0.457 e. The van der Waals surface area contributed by atoms with Crippen molar-refractivity contribution < 1.29 is 17.9 Å². The number of fused-ring (bicyclic) bond motifs is 1. The van der Waals surface area contributed by atoms with E-state index in [1.165, 1.54) is 10.5 Å². The number of hydrogen-bond acceptors (Lipinski definition) is 5. The summed E-state index contributed by atoms with van der Waals surface area (Å²) in [5, 5.41) is 2.97. The van der Waals surface area contributed by atoms with Crippen molar-refractivity contribution in [1.82, 2.24) is 0 Å². The maximum atomic E-state index is 13.6. The number of hydrogen-bond donors (Lipinski definition) is 1. The average molecular weight is 497 g/mol. The van der Waals surface area contributed by atoms with Crippen molar-refractivity contribution in [3.63, 3.8) is 0 Å². The van der Waals surface area contributed by atoms with Crippen molar-refractivity contribution in [2.75, 3.05) is 9.62 Å². The highest BCUT2D eigenvalue weighted by atomic mass is 32.2. The van der Waals surface area contributed by atoms with Gasteiger partial charge in [-0.25, -0.2) is 8.42 Å². The van der Waals surface area contributed by atoms with Crippen molar-refractivity contribution in [2.45, 2.75) is 13.5 Å². The third-order valence-electron chi connectivity index (χ3n) is 5.86. The molecule has 1 aliphatic heterocycles. The van der Waals surface area contributed by atoms with Crippen LogP contribution in [-0.2, 0) is 16.6 Å². The first-order valence-electron chi connectivity index (χ1n) is 11.4. The Labute approximate surface area is 210 Å². The normalized spacial score (nSPS) is 15.4. The molecule has 0 bridgehead atoms. The topological polar surface area (TPSA) is 75.7 Å². The number of carbonyl (C=O) groups is 1. The molecular formula is C29H24N2O4S. The molecule has 36 heavy (non-hydrogen) atoms. The van der Waals surface area contributed by atoms with Gasteiger partial charge in [-0.05, 0) is 61.0 Å². The second kappa shape index (κ2) is 9.71. The van der Waals surface area contributed by atoms with Gasteiger partial charge in [-0.2, -0.15) is 0 Å². The Hall–Kier alpha value is -4.36. The van der Waals surface area contributed by atoms with Gasteiger partial charge in [0.2, 0.25) is 5.78 Å². The number of ether oxygens (including phenoxy) is 1. The number of sulfonamides is 1. The fraction of sp³-hybridized carbons (Fsp3) is 0.0690. The molecule has 0 spiro atoms. The van der Waals surface area contributed by atoms with Gasteiger partial charge >= 0.3 is 0 Å². The number of allylic oxidation sites excluding steroid dienone is 1. The quantitative estimate of drug-likeness (QED) is 0.318. The first-order valence-corrected chi connectivity index (χ1v) is 12.9. The molecule has 0 unspecified atom stereocenters. The van der Waals surface area contributed by atoms with Gasteiger partial charge in [-0.3, -0.25) is 9.10 Å². The zero-order valence-electron chi connectivity index (χ0n) is 19.6. The van der Waals surface area contributed by atoms with E-state index < -0.39 is 15.8 Å². The standard InChI is InChI=1S/C29H24N2O4S/c1-21-11-13-22(14-12-21)20-31-27-10-6-5-9-26(27)29(32)28(36(31,33)34)19-30-23-15-17-25(18-16-23)35-24-7-3-2-4-8-24/h2-19,30H,20H2,1H3/b28-19+. The van der Waals surface area contributed by atoms with Crippen LogP contribution in [-0.4, -0.2) is 14.2 Å². The van der Waals surface area contributed by atoms with Crippen LogP contribution >= 0.6 is 0 Å². The summed E-state index contributed by atoms with van der Waals surface area (Å²) in [5.74, 6) is 0.813. The molecule has 0 fully saturated rings. The lowest BCUT2D eigenvalue weighted by Crippen LogP contribution is -2.39. The number of nitrogens with zero attached hydrogens (tertiary/aromatic N) is 1. The third-order valence-corrected chi connectivity index (χ3v) is 7.62. The van der Waals surface area contributed by atoms with Gasteiger partial charge in [-0.15, -0.1) is 0 Å². The van der Waals surface area contributed by atoms with Crippen molar-refractivity contribution >= 4 is 27.2 Å². The van der Waals surface area contributed by atoms with E-state index in [2.05, 4.69) is 5.32 Å². The Morgan fingerprint density at radius 1 is 0.806 bits per heavy atom. The second-order valence-electron chi connectivity index (χ2n) is 8.44. The SMILES string of the molecule is Cc1ccc(CN2c3ccccc3C(=O)/C(=C\Nc3ccc(Oc4ccccc4)cc3)S2(=O)=O)cc1. The molecular weight excluding hydrogens is 472 g/mol. The molecule has 5 rings (SSSR count). The Bertz CT molecular complexity index is 1530. The molecule has 1 heterocycles. The molecule has 1 N–H and O–H groups in total. The van der Waals surface area contributed by atoms with E-state index in [0.29, 0.717) is 28.4 Å². The largest absolute Gasteiger partial charge is 0.457 e. The molecule has 6 nitrogen and oxygen atoms in total. The van der Waals surface area contributed by atoms with Gasteiger partial charge in [0.25, 0.3) is 10.0 Å². The summed E-state index contributed by atoms with van der Waals surface area (Å²) < 4.78 is 34.3. The highest BCUT2D eigenvalue weighted by Gasteiger charge is 2.40. The van der Waals surface area contributed by atoms with Crippen LogP contribution in [0.15, 0.2) is 114 Å². The molecule has 0 amide bonds. The summed E-state index contributed by atoms with van der Waals surface area (Å²) in [7, 11) is -4.10. The molecule has 1 aliphatic rings. The summed E-state index contributed by atoms with van der Waals surface area (Å²) in [4.78, 5) is 12.9. The van der Waals surface area contributed by atoms with Crippen molar-refractivity contribution in [1.29, 1.82) is 0 Å². The Morgan fingerprint density at radius 3 is 2.17 bits per heavy atom. The van der Waals surface area contributed by atoms with Crippen LogP contribution in [0.2, 0.25) is 0 Å². The van der Waals surface area contributed by atoms with Crippen LogP contribution in [0.3, 0.4) is 0 Å². The molecule has 0 atom stereocenters. The minimum absolute atomic E-state index is 0.121. The number of Topliss-reactive ketones (excluding diaryl/α,β-unsaturated/α-hetero) is 1. The smallest absolute Gasteiger partial charge is 0.270 e. The van der Waals surface area contributed by atoms with Crippen molar-refractivity contribution in [3.8, 4) is 11.5 Å². The molecule has 180 valence electrons. The molecule has 7 heteroatoms. The van der Waals surface area contributed by atoms with Gasteiger partial charge in [0.05, 0.1) is 12.2 Å². The van der Waals surface area contributed by atoms with Crippen LogP contribution in [0.1, 0.15) is 21.5 Å². The fourth-order valence-electron chi connectivity index (χ4n) is 3.94. The zero-order chi connectivity index (χ0) is 25.1. The molecule has 0 aliphatic carbocycles. The van der Waals surface area contributed by atoms with Crippen LogP contribution in [0.25, 0.3) is 0 Å². The monoisotopic (exact) mass is 496 g/mol. The van der Waals surface area contributed by atoms with Gasteiger partial charge < -0.3 is 10.1 Å². The van der Waals surface area contributed by atoms with Gasteiger partial charge in [0, 0.05) is 17.5 Å². The maximum Gasteiger partial charge on any atom is 0.270 e. The second-order valence-corrected chi connectivity index (χ2v) is 10.3. The fourth-order valence-corrected chi connectivity index (χ4v) is 5.47. The van der Waals surface area contributed by atoms with Crippen molar-refractivity contribution in [3.05, 3.63) is 131 Å². The first kappa shape index (κ1) is 23.4. The molecule has 4 aromatic rings. The van der Waals surface area contributed by atoms with Crippen LogP contribution in [0.4, 0.5) is 11.4 Å². The number of nitrogens with one attached hydrogen (secondary N) is 1. The summed E-state index contributed by atoms with van der Waals surface area (Å²) in [6.45, 7) is 2.10. The van der Waals surface area contributed by atoms with E-state index in [0.717, 1.165) is 11.1 Å². The molecule has 0 saturated carbocycles. The van der Waals surface area contributed by atoms with Crippen LogP contribution in [0.5, 0.6) is 11.5 Å². The Morgan fingerprint density at radius 2 is 1.44 bits per heavy atom. The predicted octanol–water partition coefficient (Wildman–Crippen LogP) is 6.27. The number of benzene rings is 4. The molecule has 4 aromatic carbocycles. The Kier molecular flexibility index (Phi) is 6.31. The van der Waals surface area contributed by atoms with Gasteiger partial charge in [-0.1, -0.05) is 60.2 Å². The number of para-hydroxylation sites is 2. The third kappa shape index (κ3) is 4.74. The summed E-state index contributed by atoms with van der Waals surface area (Å²) in [5.41, 5.74) is 3.26. The number of rotatable bonds is 6. The maximum absolute atomic E-state index is 13.6. The van der Waals surface area contributed by atoms with E-state index >= 15 is 0 Å². The summed E-state index contributed by atoms with van der Waals surface area (Å²) >= 11 is 0. The molecule has 0 saturated heterocycles. The highest BCUT2D eigenvalue weighted by molar-refractivity contribution is 7.97. The Balaban J connectivity index is 1.42. The number of aryl methyl sites for hydroxylation is 1. The summed E-state index contributed by atoms with van der Waals surface area (Å²) in [6.07, 6.45) is 1.27. The van der Waals surface area contributed by atoms with E-state index in [1.54, 1.807) is 48.5 Å².